The average Bonchev–Trinajstić information content (AvgIpc) is 2.41. The molecule has 1 amide bonds. The van der Waals surface area contributed by atoms with Crippen LogP contribution in [0.5, 0.6) is 0 Å². The van der Waals surface area contributed by atoms with Crippen LogP contribution < -0.4 is 11.1 Å². The average molecular weight is 319 g/mol. The van der Waals surface area contributed by atoms with Crippen molar-refractivity contribution in [3.05, 3.63) is 64.1 Å². The molecule has 0 fully saturated rings. The van der Waals surface area contributed by atoms with Crippen LogP contribution >= 0.6 is 15.9 Å². The zero-order valence-electron chi connectivity index (χ0n) is 10.4. The van der Waals surface area contributed by atoms with Gasteiger partial charge in [-0.25, -0.2) is 0 Å². The first-order valence-corrected chi connectivity index (χ1v) is 6.82. The van der Waals surface area contributed by atoms with E-state index in [0.717, 1.165) is 10.9 Å². The van der Waals surface area contributed by atoms with Crippen LogP contribution in [0.1, 0.15) is 15.9 Å². The van der Waals surface area contributed by atoms with E-state index >= 15 is 0 Å². The van der Waals surface area contributed by atoms with E-state index in [-0.39, 0.29) is 5.91 Å². The Hall–Kier alpha value is -1.81. The number of nitrogens with two attached hydrogens (primary N) is 1. The van der Waals surface area contributed by atoms with E-state index in [0.29, 0.717) is 17.8 Å². The van der Waals surface area contributed by atoms with Gasteiger partial charge in [-0.3, -0.25) is 4.79 Å². The van der Waals surface area contributed by atoms with Crippen LogP contribution in [-0.2, 0) is 6.42 Å². The largest absolute Gasteiger partial charge is 0.399 e. The first kappa shape index (κ1) is 13.6. The van der Waals surface area contributed by atoms with Gasteiger partial charge in [-0.1, -0.05) is 28.1 Å². The van der Waals surface area contributed by atoms with Gasteiger partial charge in [0.1, 0.15) is 0 Å². The third-order valence-corrected chi connectivity index (χ3v) is 3.31. The lowest BCUT2D eigenvalue weighted by Crippen LogP contribution is -2.25. The second-order valence-corrected chi connectivity index (χ2v) is 5.17. The Morgan fingerprint density at radius 1 is 1.05 bits per heavy atom. The van der Waals surface area contributed by atoms with Gasteiger partial charge in [-0.2, -0.15) is 0 Å². The standard InChI is InChI=1S/C15H15BrN2O/c16-13-5-1-11(2-6-13)9-10-18-15(19)12-3-7-14(17)8-4-12/h1-8H,9-10,17H2,(H,18,19). The van der Waals surface area contributed by atoms with Crippen molar-refractivity contribution in [2.75, 3.05) is 12.3 Å². The highest BCUT2D eigenvalue weighted by atomic mass is 79.9. The highest BCUT2D eigenvalue weighted by Crippen LogP contribution is 2.10. The molecule has 0 aliphatic heterocycles. The smallest absolute Gasteiger partial charge is 0.251 e. The molecule has 98 valence electrons. The van der Waals surface area contributed by atoms with E-state index in [1.54, 1.807) is 24.3 Å². The Labute approximate surface area is 121 Å². The molecule has 0 aromatic heterocycles. The van der Waals surface area contributed by atoms with Gasteiger partial charge in [0.25, 0.3) is 5.91 Å². The van der Waals surface area contributed by atoms with Crippen molar-refractivity contribution >= 4 is 27.5 Å². The number of nitrogens with one attached hydrogen (secondary N) is 1. The minimum atomic E-state index is -0.0721. The summed E-state index contributed by atoms with van der Waals surface area (Å²) in [4.78, 5) is 11.8. The van der Waals surface area contributed by atoms with Crippen molar-refractivity contribution in [2.24, 2.45) is 0 Å². The van der Waals surface area contributed by atoms with Crippen molar-refractivity contribution in [1.29, 1.82) is 0 Å². The number of hydrogen-bond acceptors (Lipinski definition) is 2. The molecule has 0 aliphatic carbocycles. The van der Waals surface area contributed by atoms with Crippen molar-refractivity contribution < 1.29 is 4.79 Å². The molecule has 0 atom stereocenters. The lowest BCUT2D eigenvalue weighted by atomic mass is 10.1. The van der Waals surface area contributed by atoms with Crippen molar-refractivity contribution in [3.8, 4) is 0 Å². The van der Waals surface area contributed by atoms with E-state index in [1.807, 2.05) is 24.3 Å². The van der Waals surface area contributed by atoms with E-state index in [9.17, 15) is 4.79 Å². The number of nitrogen functional groups attached to an aromatic ring is 1. The van der Waals surface area contributed by atoms with E-state index in [2.05, 4.69) is 21.2 Å². The highest BCUT2D eigenvalue weighted by Gasteiger charge is 2.04. The minimum absolute atomic E-state index is 0.0721. The fourth-order valence-electron chi connectivity index (χ4n) is 1.71. The maximum Gasteiger partial charge on any atom is 0.251 e. The Morgan fingerprint density at radius 2 is 1.68 bits per heavy atom. The second kappa shape index (κ2) is 6.38. The normalized spacial score (nSPS) is 10.2. The summed E-state index contributed by atoms with van der Waals surface area (Å²) in [6, 6.07) is 15.0. The maximum atomic E-state index is 11.8. The molecule has 3 N–H and O–H groups in total. The monoisotopic (exact) mass is 318 g/mol. The molecule has 0 saturated carbocycles. The predicted molar refractivity (Wildman–Crippen MR) is 81.0 cm³/mol. The summed E-state index contributed by atoms with van der Waals surface area (Å²) in [5.41, 5.74) is 8.06. The van der Waals surface area contributed by atoms with Crippen LogP contribution in [0.3, 0.4) is 0 Å². The lowest BCUT2D eigenvalue weighted by Gasteiger charge is -2.06. The molecule has 2 rings (SSSR count). The topological polar surface area (TPSA) is 55.1 Å². The fraction of sp³-hybridized carbons (Fsp3) is 0.133. The third-order valence-electron chi connectivity index (χ3n) is 2.79. The SMILES string of the molecule is Nc1ccc(C(=O)NCCc2ccc(Br)cc2)cc1. The van der Waals surface area contributed by atoms with Crippen molar-refractivity contribution in [2.45, 2.75) is 6.42 Å². The molecule has 19 heavy (non-hydrogen) atoms. The number of carbonyl (C=O) groups excluding carboxylic acids is 1. The van der Waals surface area contributed by atoms with Crippen LogP contribution in [-0.4, -0.2) is 12.5 Å². The molecule has 0 unspecified atom stereocenters. The minimum Gasteiger partial charge on any atom is -0.399 e. The zero-order chi connectivity index (χ0) is 13.7. The molecule has 0 spiro atoms. The van der Waals surface area contributed by atoms with E-state index in [4.69, 9.17) is 5.73 Å². The predicted octanol–water partition coefficient (Wildman–Crippen LogP) is 3.00. The van der Waals surface area contributed by atoms with E-state index in [1.165, 1.54) is 5.56 Å². The van der Waals surface area contributed by atoms with Crippen LogP contribution in [0.15, 0.2) is 53.0 Å². The molecule has 0 radical (unpaired) electrons. The number of rotatable bonds is 4. The molecule has 2 aromatic carbocycles. The highest BCUT2D eigenvalue weighted by molar-refractivity contribution is 9.10. The first-order valence-electron chi connectivity index (χ1n) is 6.03. The van der Waals surface area contributed by atoms with Gasteiger partial charge in [0, 0.05) is 22.3 Å². The number of hydrogen-bond donors (Lipinski definition) is 2. The molecule has 2 aromatic rings. The molecule has 4 heteroatoms. The Balaban J connectivity index is 1.84. The molecule has 0 heterocycles. The quantitative estimate of drug-likeness (QED) is 0.851. The second-order valence-electron chi connectivity index (χ2n) is 4.25. The molecule has 3 nitrogen and oxygen atoms in total. The summed E-state index contributed by atoms with van der Waals surface area (Å²) < 4.78 is 1.06. The first-order chi connectivity index (χ1) is 9.15. The maximum absolute atomic E-state index is 11.8. The number of benzene rings is 2. The van der Waals surface area contributed by atoms with Gasteiger partial charge in [0.2, 0.25) is 0 Å². The summed E-state index contributed by atoms with van der Waals surface area (Å²) in [7, 11) is 0. The third kappa shape index (κ3) is 4.10. The van der Waals surface area contributed by atoms with Gasteiger partial charge < -0.3 is 11.1 Å². The molecular formula is C15H15BrN2O. The summed E-state index contributed by atoms with van der Waals surface area (Å²) in [5.74, 6) is -0.0721. The number of amides is 1. The van der Waals surface area contributed by atoms with Gasteiger partial charge in [0.05, 0.1) is 0 Å². The molecule has 0 aliphatic rings. The summed E-state index contributed by atoms with van der Waals surface area (Å²) in [6.45, 7) is 0.616. The van der Waals surface area contributed by atoms with Crippen molar-refractivity contribution in [3.63, 3.8) is 0 Å². The van der Waals surface area contributed by atoms with Gasteiger partial charge in [0.15, 0.2) is 0 Å². The Morgan fingerprint density at radius 3 is 2.32 bits per heavy atom. The van der Waals surface area contributed by atoms with Gasteiger partial charge in [-0.05, 0) is 48.4 Å². The van der Waals surface area contributed by atoms with Crippen molar-refractivity contribution in [1.82, 2.24) is 5.32 Å². The number of anilines is 1. The van der Waals surface area contributed by atoms with Crippen LogP contribution in [0.4, 0.5) is 5.69 Å². The molecule has 0 bridgehead atoms. The van der Waals surface area contributed by atoms with Crippen LogP contribution in [0.2, 0.25) is 0 Å². The van der Waals surface area contributed by atoms with Gasteiger partial charge in [-0.15, -0.1) is 0 Å². The van der Waals surface area contributed by atoms with E-state index < -0.39 is 0 Å². The number of halogens is 1. The Kier molecular flexibility index (Phi) is 4.58. The zero-order valence-corrected chi connectivity index (χ0v) is 12.0. The summed E-state index contributed by atoms with van der Waals surface area (Å²) in [5, 5.41) is 2.89. The fourth-order valence-corrected chi connectivity index (χ4v) is 1.97. The van der Waals surface area contributed by atoms with Crippen LogP contribution in [0, 0.1) is 0 Å². The Bertz CT molecular complexity index is 549. The summed E-state index contributed by atoms with van der Waals surface area (Å²) >= 11 is 3.39. The molecular weight excluding hydrogens is 304 g/mol. The molecule has 0 saturated heterocycles. The van der Waals surface area contributed by atoms with Crippen LogP contribution in [0.25, 0.3) is 0 Å². The van der Waals surface area contributed by atoms with Gasteiger partial charge >= 0.3 is 0 Å². The summed E-state index contributed by atoms with van der Waals surface area (Å²) in [6.07, 6.45) is 0.813. The lowest BCUT2D eigenvalue weighted by molar-refractivity contribution is 0.0954. The number of carbonyl (C=O) groups is 1.